The van der Waals surface area contributed by atoms with Crippen LogP contribution in [0.4, 0.5) is 5.69 Å². The zero-order valence-electron chi connectivity index (χ0n) is 18.3. The summed E-state index contributed by atoms with van der Waals surface area (Å²) in [6.45, 7) is 2.02. The highest BCUT2D eigenvalue weighted by Crippen LogP contribution is 2.53. The van der Waals surface area contributed by atoms with Gasteiger partial charge in [0, 0.05) is 23.7 Å². The second-order valence-electron chi connectivity index (χ2n) is 9.19. The maximum Gasteiger partial charge on any atom is 0.250 e. The maximum atomic E-state index is 13.8. The Morgan fingerprint density at radius 3 is 2.71 bits per heavy atom. The number of carbonyl (C=O) groups is 4. The molecule has 0 aliphatic carbocycles. The number of nitrogens with two attached hydrogens (primary N) is 1. The second kappa shape index (κ2) is 7.04. The van der Waals surface area contributed by atoms with Crippen molar-refractivity contribution in [1.29, 1.82) is 0 Å². The third-order valence-electron chi connectivity index (χ3n) is 7.16. The Morgan fingerprint density at radius 1 is 1.12 bits per heavy atom. The highest BCUT2D eigenvalue weighted by Gasteiger charge is 2.70. The Morgan fingerprint density at radius 2 is 1.91 bits per heavy atom. The molecule has 174 valence electrons. The van der Waals surface area contributed by atoms with E-state index in [9.17, 15) is 19.2 Å². The lowest BCUT2D eigenvalue weighted by molar-refractivity contribution is -0.143. The lowest BCUT2D eigenvalue weighted by Crippen LogP contribution is -2.53. The minimum absolute atomic E-state index is 0.0168. The van der Waals surface area contributed by atoms with E-state index in [1.165, 1.54) is 4.90 Å². The summed E-state index contributed by atoms with van der Waals surface area (Å²) in [5, 5.41) is 6.04. The molecule has 10 heteroatoms. The lowest BCUT2D eigenvalue weighted by Gasteiger charge is -2.29. The molecule has 2 fully saturated rings. The molecule has 34 heavy (non-hydrogen) atoms. The molecule has 4 aliphatic heterocycles. The average molecular weight is 462 g/mol. The first-order valence-corrected chi connectivity index (χ1v) is 11.0. The molecule has 2 aromatic rings. The van der Waals surface area contributed by atoms with Crippen LogP contribution in [0.3, 0.4) is 0 Å². The monoisotopic (exact) mass is 462 g/mol. The van der Waals surface area contributed by atoms with Crippen LogP contribution in [0.2, 0.25) is 0 Å². The van der Waals surface area contributed by atoms with Crippen LogP contribution in [0.1, 0.15) is 23.1 Å². The van der Waals surface area contributed by atoms with E-state index in [1.54, 1.807) is 24.3 Å². The van der Waals surface area contributed by atoms with E-state index in [0.717, 1.165) is 5.56 Å². The summed E-state index contributed by atoms with van der Waals surface area (Å²) in [4.78, 5) is 53.8. The molecule has 0 unspecified atom stereocenters. The van der Waals surface area contributed by atoms with E-state index in [0.29, 0.717) is 28.3 Å². The van der Waals surface area contributed by atoms with E-state index in [-0.39, 0.29) is 19.8 Å². The van der Waals surface area contributed by atoms with E-state index in [1.807, 2.05) is 19.1 Å². The molecule has 0 bridgehead atoms. The number of nitrogens with one attached hydrogen (secondary N) is 2. The van der Waals surface area contributed by atoms with Crippen molar-refractivity contribution in [2.45, 2.75) is 31.5 Å². The van der Waals surface area contributed by atoms with Gasteiger partial charge in [-0.15, -0.1) is 0 Å². The van der Waals surface area contributed by atoms with E-state index < -0.39 is 47.0 Å². The minimum Gasteiger partial charge on any atom is -0.454 e. The Balaban J connectivity index is 1.42. The zero-order valence-corrected chi connectivity index (χ0v) is 18.3. The van der Waals surface area contributed by atoms with Crippen molar-refractivity contribution in [1.82, 2.24) is 10.2 Å². The fourth-order valence-electron chi connectivity index (χ4n) is 5.74. The standard InChI is InChI=1S/C24H22N4O6/c1-11-2-4-14-13(6-11)24(23(32)26-14)20-19(15(27-24)8-18(25)29)21(30)28(22(20)31)9-12-3-5-16-17(7-12)34-10-33-16/h2-7,15,19-20,27H,8-10H2,1H3,(H2,25,29)(H,26,32)/t15-,19+,20+,24+/m0/s1. The number of hydrogen-bond acceptors (Lipinski definition) is 7. The molecule has 2 aromatic carbocycles. The number of hydrogen-bond donors (Lipinski definition) is 3. The molecule has 4 N–H and O–H groups in total. The number of imide groups is 1. The van der Waals surface area contributed by atoms with Crippen LogP contribution >= 0.6 is 0 Å². The number of ether oxygens (including phenoxy) is 2. The molecule has 0 aromatic heterocycles. The Kier molecular flexibility index (Phi) is 4.28. The highest BCUT2D eigenvalue weighted by atomic mass is 16.7. The van der Waals surface area contributed by atoms with Crippen molar-refractivity contribution in [3.05, 3.63) is 53.1 Å². The zero-order chi connectivity index (χ0) is 23.8. The van der Waals surface area contributed by atoms with Gasteiger partial charge in [0.1, 0.15) is 5.54 Å². The van der Waals surface area contributed by atoms with Gasteiger partial charge >= 0.3 is 0 Å². The third kappa shape index (κ3) is 2.72. The van der Waals surface area contributed by atoms with Gasteiger partial charge in [-0.05, 0) is 30.7 Å². The average Bonchev–Trinajstić information content (AvgIpc) is 3.51. The van der Waals surface area contributed by atoms with Gasteiger partial charge in [-0.25, -0.2) is 0 Å². The van der Waals surface area contributed by atoms with Crippen molar-refractivity contribution >= 4 is 29.3 Å². The largest absolute Gasteiger partial charge is 0.454 e. The van der Waals surface area contributed by atoms with Gasteiger partial charge in [0.2, 0.25) is 30.4 Å². The van der Waals surface area contributed by atoms with Crippen LogP contribution < -0.4 is 25.8 Å². The first-order chi connectivity index (χ1) is 16.3. The molecule has 10 nitrogen and oxygen atoms in total. The lowest BCUT2D eigenvalue weighted by atomic mass is 9.76. The normalized spacial score (nSPS) is 28.4. The van der Waals surface area contributed by atoms with Crippen molar-refractivity contribution in [3.8, 4) is 11.5 Å². The van der Waals surface area contributed by atoms with Gasteiger partial charge in [-0.3, -0.25) is 29.4 Å². The Labute approximate surface area is 194 Å². The summed E-state index contributed by atoms with van der Waals surface area (Å²) in [6, 6.07) is 9.94. The Hall–Kier alpha value is -3.92. The SMILES string of the molecule is Cc1ccc2c(c1)[C@]1(N[C@@H](CC(N)=O)[C@H]3C(=O)N(Cc4ccc5c(c4)OCO5)C(=O)[C@@H]31)C(=O)N2. The van der Waals surface area contributed by atoms with Gasteiger partial charge in [0.15, 0.2) is 11.5 Å². The molecule has 4 aliphatic rings. The fourth-order valence-corrected chi connectivity index (χ4v) is 5.74. The fraction of sp³-hybridized carbons (Fsp3) is 0.333. The highest BCUT2D eigenvalue weighted by molar-refractivity contribution is 6.15. The summed E-state index contributed by atoms with van der Waals surface area (Å²) in [5.41, 5.74) is 6.79. The van der Waals surface area contributed by atoms with Gasteiger partial charge in [-0.2, -0.15) is 0 Å². The topological polar surface area (TPSA) is 140 Å². The third-order valence-corrected chi connectivity index (χ3v) is 7.16. The number of benzene rings is 2. The van der Waals surface area contributed by atoms with E-state index in [4.69, 9.17) is 15.2 Å². The minimum atomic E-state index is -1.46. The molecular formula is C24H22N4O6. The van der Waals surface area contributed by atoms with Crippen LogP contribution in [0, 0.1) is 18.8 Å². The van der Waals surface area contributed by atoms with Crippen molar-refractivity contribution in [3.63, 3.8) is 0 Å². The molecule has 4 heterocycles. The molecule has 4 atom stereocenters. The number of fused-ring (bicyclic) bond motifs is 5. The number of aryl methyl sites for hydroxylation is 1. The van der Waals surface area contributed by atoms with Gasteiger partial charge in [0.05, 0.1) is 18.4 Å². The number of likely N-dealkylation sites (tertiary alicyclic amines) is 1. The number of amides is 4. The van der Waals surface area contributed by atoms with Crippen molar-refractivity contribution in [2.75, 3.05) is 12.1 Å². The molecule has 0 radical (unpaired) electrons. The summed E-state index contributed by atoms with van der Waals surface area (Å²) in [6.07, 6.45) is -0.172. The molecular weight excluding hydrogens is 440 g/mol. The van der Waals surface area contributed by atoms with Crippen LogP contribution in [0.5, 0.6) is 11.5 Å². The van der Waals surface area contributed by atoms with E-state index in [2.05, 4.69) is 10.6 Å². The molecule has 2 saturated heterocycles. The smallest absolute Gasteiger partial charge is 0.250 e. The number of rotatable bonds is 4. The quantitative estimate of drug-likeness (QED) is 0.563. The van der Waals surface area contributed by atoms with E-state index >= 15 is 0 Å². The Bertz CT molecular complexity index is 1290. The predicted molar refractivity (Wildman–Crippen MR) is 117 cm³/mol. The first-order valence-electron chi connectivity index (χ1n) is 11.0. The van der Waals surface area contributed by atoms with Crippen LogP contribution in [0.15, 0.2) is 36.4 Å². The van der Waals surface area contributed by atoms with Crippen molar-refractivity contribution in [2.24, 2.45) is 17.6 Å². The van der Waals surface area contributed by atoms with Crippen LogP contribution in [0.25, 0.3) is 0 Å². The summed E-state index contributed by atoms with van der Waals surface area (Å²) >= 11 is 0. The molecule has 1 spiro atoms. The van der Waals surface area contributed by atoms with Gasteiger partial charge in [0.25, 0.3) is 0 Å². The number of nitrogens with zero attached hydrogens (tertiary/aromatic N) is 1. The van der Waals surface area contributed by atoms with Gasteiger partial charge in [-0.1, -0.05) is 23.8 Å². The summed E-state index contributed by atoms with van der Waals surface area (Å²) < 4.78 is 10.7. The second-order valence-corrected chi connectivity index (χ2v) is 9.19. The summed E-state index contributed by atoms with van der Waals surface area (Å²) in [5.74, 6) is -2.69. The number of anilines is 1. The first kappa shape index (κ1) is 20.7. The van der Waals surface area contributed by atoms with Crippen LogP contribution in [-0.2, 0) is 31.3 Å². The van der Waals surface area contributed by atoms with Crippen LogP contribution in [-0.4, -0.2) is 41.4 Å². The maximum absolute atomic E-state index is 13.8. The molecule has 4 amide bonds. The van der Waals surface area contributed by atoms with Gasteiger partial charge < -0.3 is 20.5 Å². The molecule has 0 saturated carbocycles. The predicted octanol–water partition coefficient (Wildman–Crippen LogP) is 0.520. The summed E-state index contributed by atoms with van der Waals surface area (Å²) in [7, 11) is 0. The molecule has 6 rings (SSSR count). The van der Waals surface area contributed by atoms with Crippen molar-refractivity contribution < 1.29 is 28.7 Å². The number of primary amides is 1. The number of carbonyl (C=O) groups excluding carboxylic acids is 4.